The number of nitrogens with zero attached hydrogens (tertiary/aromatic N) is 2. The van der Waals surface area contributed by atoms with Crippen LogP contribution in [0.2, 0.25) is 0 Å². The topological polar surface area (TPSA) is 17.8 Å². The van der Waals surface area contributed by atoms with Gasteiger partial charge in [-0.25, -0.2) is 4.98 Å². The van der Waals surface area contributed by atoms with Crippen molar-refractivity contribution in [1.82, 2.24) is 9.55 Å². The van der Waals surface area contributed by atoms with E-state index in [2.05, 4.69) is 119 Å². The quantitative estimate of drug-likeness (QED) is 0.265. The van der Waals surface area contributed by atoms with E-state index in [4.69, 9.17) is 0 Å². The summed E-state index contributed by atoms with van der Waals surface area (Å²) in [6.07, 6.45) is 1.94. The Balaban J connectivity index is 1.51. The Morgan fingerprint density at radius 1 is 0.500 bits per heavy atom. The lowest BCUT2D eigenvalue weighted by Crippen LogP contribution is -2.26. The van der Waals surface area contributed by atoms with Gasteiger partial charge in [-0.05, 0) is 68.8 Å². The van der Waals surface area contributed by atoms with E-state index < -0.39 is 0 Å². The normalized spacial score (nSPS) is 14.1. The molecule has 34 heavy (non-hydrogen) atoms. The fourth-order valence-corrected chi connectivity index (χ4v) is 6.40. The van der Waals surface area contributed by atoms with Crippen LogP contribution in [0.15, 0.2) is 122 Å². The van der Waals surface area contributed by atoms with Gasteiger partial charge in [0.25, 0.3) is 0 Å². The highest BCUT2D eigenvalue weighted by Gasteiger charge is 2.51. The lowest BCUT2D eigenvalue weighted by Gasteiger charge is -2.30. The molecular weight excluding hydrogens is 412 g/mol. The van der Waals surface area contributed by atoms with Crippen molar-refractivity contribution in [1.29, 1.82) is 0 Å². The molecule has 0 N–H and O–H groups in total. The summed E-state index contributed by atoms with van der Waals surface area (Å²) in [7, 11) is 0. The molecule has 6 aromatic rings. The third kappa shape index (κ3) is 2.04. The number of hydrogen-bond donors (Lipinski definition) is 0. The minimum Gasteiger partial charge on any atom is -0.299 e. The first-order chi connectivity index (χ1) is 16.9. The molecule has 0 amide bonds. The Morgan fingerprint density at radius 3 is 1.68 bits per heavy atom. The van der Waals surface area contributed by atoms with Gasteiger partial charge >= 0.3 is 0 Å². The van der Waals surface area contributed by atoms with E-state index in [1.807, 2.05) is 12.4 Å². The molecule has 2 aliphatic carbocycles. The number of para-hydroxylation sites is 2. The zero-order valence-electron chi connectivity index (χ0n) is 18.4. The predicted molar refractivity (Wildman–Crippen MR) is 137 cm³/mol. The highest BCUT2D eigenvalue weighted by Crippen LogP contribution is 2.62. The molecule has 158 valence electrons. The van der Waals surface area contributed by atoms with E-state index in [1.54, 1.807) is 0 Å². The van der Waals surface area contributed by atoms with Crippen LogP contribution in [0.25, 0.3) is 39.0 Å². The van der Waals surface area contributed by atoms with Crippen LogP contribution in [0.3, 0.4) is 0 Å². The summed E-state index contributed by atoms with van der Waals surface area (Å²) in [5.74, 6) is 0. The molecule has 0 atom stereocenters. The van der Waals surface area contributed by atoms with E-state index in [9.17, 15) is 0 Å². The molecule has 0 aliphatic heterocycles. The van der Waals surface area contributed by atoms with Gasteiger partial charge in [0.15, 0.2) is 0 Å². The van der Waals surface area contributed by atoms with Crippen LogP contribution in [0.4, 0.5) is 0 Å². The van der Waals surface area contributed by atoms with Crippen LogP contribution in [0, 0.1) is 0 Å². The third-order valence-corrected chi connectivity index (χ3v) is 7.71. The van der Waals surface area contributed by atoms with Crippen LogP contribution in [-0.2, 0) is 5.41 Å². The smallest absolute Gasteiger partial charge is 0.100 e. The summed E-state index contributed by atoms with van der Waals surface area (Å²) in [6.45, 7) is 0. The maximum atomic E-state index is 4.65. The fourth-order valence-electron chi connectivity index (χ4n) is 6.40. The van der Waals surface area contributed by atoms with Crippen LogP contribution in [-0.4, -0.2) is 9.55 Å². The van der Waals surface area contributed by atoms with E-state index in [0.29, 0.717) is 0 Å². The number of hydrogen-bond acceptors (Lipinski definition) is 1. The van der Waals surface area contributed by atoms with Crippen molar-refractivity contribution in [3.05, 3.63) is 144 Å². The molecule has 8 rings (SSSR count). The second-order valence-electron chi connectivity index (χ2n) is 9.22. The maximum Gasteiger partial charge on any atom is 0.100 e. The van der Waals surface area contributed by atoms with Crippen molar-refractivity contribution in [2.24, 2.45) is 0 Å². The van der Waals surface area contributed by atoms with E-state index in [1.165, 1.54) is 44.5 Å². The fraction of sp³-hybridized carbons (Fsp3) is 0.0312. The number of benzene rings is 5. The molecule has 0 bridgehead atoms. The van der Waals surface area contributed by atoms with Gasteiger partial charge in [-0.1, -0.05) is 91.0 Å². The molecule has 0 unspecified atom stereocenters. The molecule has 2 heteroatoms. The summed E-state index contributed by atoms with van der Waals surface area (Å²) in [4.78, 5) is 4.65. The molecule has 0 fully saturated rings. The van der Waals surface area contributed by atoms with Gasteiger partial charge in [-0.2, -0.15) is 0 Å². The lowest BCUT2D eigenvalue weighted by atomic mass is 9.70. The van der Waals surface area contributed by atoms with Crippen LogP contribution in [0.5, 0.6) is 0 Å². The summed E-state index contributed by atoms with van der Waals surface area (Å²) in [5, 5.41) is 0. The highest BCUT2D eigenvalue weighted by molar-refractivity contribution is 5.95. The average Bonchev–Trinajstić information content (AvgIpc) is 3.55. The molecule has 1 heterocycles. The second-order valence-corrected chi connectivity index (χ2v) is 9.22. The van der Waals surface area contributed by atoms with Gasteiger partial charge in [0.05, 0.1) is 16.4 Å². The number of fused-ring (bicyclic) bond motifs is 11. The van der Waals surface area contributed by atoms with Crippen molar-refractivity contribution < 1.29 is 0 Å². The van der Waals surface area contributed by atoms with Crippen LogP contribution < -0.4 is 0 Å². The second kappa shape index (κ2) is 6.33. The summed E-state index contributed by atoms with van der Waals surface area (Å²) in [6, 6.07) is 42.1. The number of aromatic nitrogens is 2. The Bertz CT molecular complexity index is 1710. The Labute approximate surface area is 197 Å². The van der Waals surface area contributed by atoms with Gasteiger partial charge in [0, 0.05) is 5.69 Å². The monoisotopic (exact) mass is 432 g/mol. The van der Waals surface area contributed by atoms with Gasteiger partial charge in [0.1, 0.15) is 6.33 Å². The standard InChI is InChI=1S/C32H20N2/c1-4-12-26-22(9-1)23-10-2-5-13-27(23)32(26)28-14-6-3-11-24(28)25-18-17-21(19-29(25)32)34-20-33-30-15-7-8-16-31(30)34/h1-20H. The minimum absolute atomic E-state index is 0.314. The van der Waals surface area contributed by atoms with Gasteiger partial charge < -0.3 is 0 Å². The van der Waals surface area contributed by atoms with Crippen LogP contribution >= 0.6 is 0 Å². The number of rotatable bonds is 1. The first-order valence-electron chi connectivity index (χ1n) is 11.7. The molecule has 0 radical (unpaired) electrons. The Morgan fingerprint density at radius 2 is 1.03 bits per heavy atom. The SMILES string of the molecule is c1ccc2c(c1)-c1ccccc1C21c2ccccc2-c2ccc(-n3cnc4ccccc43)cc21. The summed E-state index contributed by atoms with van der Waals surface area (Å²) < 4.78 is 2.21. The Kier molecular flexibility index (Phi) is 3.36. The first kappa shape index (κ1) is 18.0. The van der Waals surface area contributed by atoms with Crippen molar-refractivity contribution in [3.8, 4) is 27.9 Å². The summed E-state index contributed by atoms with van der Waals surface area (Å²) in [5.41, 5.74) is 13.7. The summed E-state index contributed by atoms with van der Waals surface area (Å²) >= 11 is 0. The molecular formula is C32H20N2. The highest BCUT2D eigenvalue weighted by atomic mass is 15.0. The van der Waals surface area contributed by atoms with E-state index in [0.717, 1.165) is 16.7 Å². The average molecular weight is 433 g/mol. The largest absolute Gasteiger partial charge is 0.299 e. The van der Waals surface area contributed by atoms with Crippen LogP contribution in [0.1, 0.15) is 22.3 Å². The third-order valence-electron chi connectivity index (χ3n) is 7.71. The van der Waals surface area contributed by atoms with Crippen molar-refractivity contribution in [2.75, 3.05) is 0 Å². The lowest BCUT2D eigenvalue weighted by molar-refractivity contribution is 0.792. The number of imidazole rings is 1. The zero-order valence-corrected chi connectivity index (χ0v) is 18.4. The molecule has 5 aromatic carbocycles. The van der Waals surface area contributed by atoms with Gasteiger partial charge in [0.2, 0.25) is 0 Å². The van der Waals surface area contributed by atoms with E-state index in [-0.39, 0.29) is 5.41 Å². The van der Waals surface area contributed by atoms with Crippen molar-refractivity contribution in [3.63, 3.8) is 0 Å². The molecule has 0 saturated carbocycles. The molecule has 2 nitrogen and oxygen atoms in total. The predicted octanol–water partition coefficient (Wildman–Crippen LogP) is 7.37. The van der Waals surface area contributed by atoms with E-state index >= 15 is 0 Å². The van der Waals surface area contributed by atoms with Crippen molar-refractivity contribution in [2.45, 2.75) is 5.41 Å². The molecule has 1 aromatic heterocycles. The Hall–Kier alpha value is -4.43. The zero-order chi connectivity index (χ0) is 22.3. The first-order valence-corrected chi connectivity index (χ1v) is 11.7. The van der Waals surface area contributed by atoms with Gasteiger partial charge in [-0.3, -0.25) is 4.57 Å². The van der Waals surface area contributed by atoms with Crippen molar-refractivity contribution >= 4 is 11.0 Å². The molecule has 2 aliphatic rings. The minimum atomic E-state index is -0.314. The molecule has 1 spiro atoms. The maximum absolute atomic E-state index is 4.65. The van der Waals surface area contributed by atoms with Gasteiger partial charge in [-0.15, -0.1) is 0 Å². The molecule has 0 saturated heterocycles.